The summed E-state index contributed by atoms with van der Waals surface area (Å²) >= 11 is 0. The molecule has 14 heavy (non-hydrogen) atoms. The van der Waals surface area contributed by atoms with Crippen LogP contribution in [-0.2, 0) is 0 Å². The van der Waals surface area contributed by atoms with Crippen molar-refractivity contribution in [3.63, 3.8) is 0 Å². The Morgan fingerprint density at radius 2 is 2.29 bits per heavy atom. The molecule has 3 heteroatoms. The van der Waals surface area contributed by atoms with Crippen LogP contribution >= 0.6 is 0 Å². The number of aliphatic imine (C=N–C) groups is 1. The molecule has 2 rings (SSSR count). The average Bonchev–Trinajstić information content (AvgIpc) is 2.19. The number of allylic oxidation sites excluding steroid dienone is 1. The van der Waals surface area contributed by atoms with Gasteiger partial charge in [-0.1, -0.05) is 13.0 Å². The van der Waals surface area contributed by atoms with Crippen molar-refractivity contribution < 1.29 is 0 Å². The van der Waals surface area contributed by atoms with Crippen molar-refractivity contribution in [2.75, 3.05) is 5.73 Å². The predicted octanol–water partition coefficient (Wildman–Crippen LogP) is 2.01. The molecule has 0 fully saturated rings. The van der Waals surface area contributed by atoms with Crippen LogP contribution in [0.1, 0.15) is 18.9 Å². The van der Waals surface area contributed by atoms with Crippen LogP contribution in [0.25, 0.3) is 0 Å². The molecule has 0 bridgehead atoms. The lowest BCUT2D eigenvalue weighted by Crippen LogP contribution is -2.09. The fraction of sp³-hybridized carbons (Fsp3) is 0.273. The maximum atomic E-state index is 5.52. The first-order valence-corrected chi connectivity index (χ1v) is 4.71. The maximum Gasteiger partial charge on any atom is 0.123 e. The van der Waals surface area contributed by atoms with Gasteiger partial charge in [0.25, 0.3) is 0 Å². The molecule has 1 atom stereocenters. The lowest BCUT2D eigenvalue weighted by atomic mass is 9.98. The Morgan fingerprint density at radius 3 is 2.93 bits per heavy atom. The molecule has 0 saturated carbocycles. The molecule has 2 heterocycles. The number of nitrogens with zero attached hydrogens (tertiary/aromatic N) is 2. The summed E-state index contributed by atoms with van der Waals surface area (Å²) < 4.78 is 0. The molecule has 0 spiro atoms. The van der Waals surface area contributed by atoms with Gasteiger partial charge in [-0.05, 0) is 24.5 Å². The van der Waals surface area contributed by atoms with E-state index in [9.17, 15) is 0 Å². The summed E-state index contributed by atoms with van der Waals surface area (Å²) in [6.45, 7) is 2.18. The summed E-state index contributed by atoms with van der Waals surface area (Å²) in [4.78, 5) is 8.39. The molecule has 1 unspecified atom stereocenters. The molecular weight excluding hydrogens is 174 g/mol. The van der Waals surface area contributed by atoms with Crippen LogP contribution in [0.15, 0.2) is 35.6 Å². The van der Waals surface area contributed by atoms with Crippen molar-refractivity contribution in [1.82, 2.24) is 4.98 Å². The highest BCUT2D eigenvalue weighted by atomic mass is 14.8. The van der Waals surface area contributed by atoms with Crippen LogP contribution < -0.4 is 5.73 Å². The Kier molecular flexibility index (Phi) is 2.31. The summed E-state index contributed by atoms with van der Waals surface area (Å²) in [6, 6.07) is 3.77. The SMILES string of the molecule is CC1C=CN=C(c2ccc(N)nc2)C1. The Bertz CT molecular complexity index is 376. The molecule has 2 N–H and O–H groups in total. The van der Waals surface area contributed by atoms with Gasteiger partial charge in [0.1, 0.15) is 5.82 Å². The zero-order valence-corrected chi connectivity index (χ0v) is 8.14. The largest absolute Gasteiger partial charge is 0.384 e. The van der Waals surface area contributed by atoms with Gasteiger partial charge in [0, 0.05) is 23.7 Å². The summed E-state index contributed by atoms with van der Waals surface area (Å²) in [5.41, 5.74) is 7.67. The van der Waals surface area contributed by atoms with E-state index in [0.29, 0.717) is 11.7 Å². The second-order valence-electron chi connectivity index (χ2n) is 3.57. The number of hydrogen-bond donors (Lipinski definition) is 1. The highest BCUT2D eigenvalue weighted by molar-refractivity contribution is 6.01. The van der Waals surface area contributed by atoms with Crippen LogP contribution in [0.4, 0.5) is 5.82 Å². The number of anilines is 1. The van der Waals surface area contributed by atoms with Gasteiger partial charge in [-0.3, -0.25) is 4.99 Å². The summed E-state index contributed by atoms with van der Waals surface area (Å²) in [7, 11) is 0. The number of hydrogen-bond acceptors (Lipinski definition) is 3. The van der Waals surface area contributed by atoms with E-state index in [1.165, 1.54) is 0 Å². The number of nitrogens with two attached hydrogens (primary N) is 1. The molecule has 72 valence electrons. The third-order valence-corrected chi connectivity index (χ3v) is 2.28. The fourth-order valence-corrected chi connectivity index (χ4v) is 1.47. The first kappa shape index (κ1) is 8.94. The van der Waals surface area contributed by atoms with Gasteiger partial charge in [-0.25, -0.2) is 4.98 Å². The quantitative estimate of drug-likeness (QED) is 0.731. The van der Waals surface area contributed by atoms with Gasteiger partial charge in [0.15, 0.2) is 0 Å². The number of aromatic nitrogens is 1. The zero-order valence-electron chi connectivity index (χ0n) is 8.14. The van der Waals surface area contributed by atoms with Crippen LogP contribution in [0.5, 0.6) is 0 Å². The third kappa shape index (κ3) is 1.82. The smallest absolute Gasteiger partial charge is 0.123 e. The first-order chi connectivity index (χ1) is 6.75. The van der Waals surface area contributed by atoms with Crippen LogP contribution in [0.2, 0.25) is 0 Å². The Labute approximate surface area is 83.4 Å². The van der Waals surface area contributed by atoms with E-state index in [1.54, 1.807) is 12.3 Å². The second-order valence-corrected chi connectivity index (χ2v) is 3.57. The van der Waals surface area contributed by atoms with Crippen molar-refractivity contribution in [1.29, 1.82) is 0 Å². The van der Waals surface area contributed by atoms with Crippen molar-refractivity contribution >= 4 is 11.5 Å². The Morgan fingerprint density at radius 1 is 1.43 bits per heavy atom. The molecule has 0 aromatic carbocycles. The number of pyridine rings is 1. The van der Waals surface area contributed by atoms with E-state index in [2.05, 4.69) is 23.0 Å². The monoisotopic (exact) mass is 187 g/mol. The van der Waals surface area contributed by atoms with Crippen molar-refractivity contribution in [3.05, 3.63) is 36.2 Å². The minimum Gasteiger partial charge on any atom is -0.384 e. The van der Waals surface area contributed by atoms with E-state index in [0.717, 1.165) is 17.7 Å². The second kappa shape index (κ2) is 3.62. The first-order valence-electron chi connectivity index (χ1n) is 4.71. The lowest BCUT2D eigenvalue weighted by Gasteiger charge is -2.12. The molecule has 0 aliphatic carbocycles. The molecule has 1 aliphatic rings. The fourth-order valence-electron chi connectivity index (χ4n) is 1.47. The number of rotatable bonds is 1. The molecule has 3 nitrogen and oxygen atoms in total. The van der Waals surface area contributed by atoms with Gasteiger partial charge in [0.05, 0.1) is 0 Å². The van der Waals surface area contributed by atoms with Gasteiger partial charge in [-0.15, -0.1) is 0 Å². The average molecular weight is 187 g/mol. The highest BCUT2D eigenvalue weighted by Crippen LogP contribution is 2.16. The van der Waals surface area contributed by atoms with Crippen molar-refractivity contribution in [2.45, 2.75) is 13.3 Å². The Balaban J connectivity index is 2.27. The zero-order chi connectivity index (χ0) is 9.97. The van der Waals surface area contributed by atoms with E-state index in [-0.39, 0.29) is 0 Å². The summed E-state index contributed by atoms with van der Waals surface area (Å²) in [5, 5.41) is 0. The minimum atomic E-state index is 0.550. The summed E-state index contributed by atoms with van der Waals surface area (Å²) in [5.74, 6) is 1.11. The molecule has 1 aromatic rings. The van der Waals surface area contributed by atoms with Crippen molar-refractivity contribution in [2.24, 2.45) is 10.9 Å². The molecular formula is C11H13N3. The van der Waals surface area contributed by atoms with E-state index in [1.807, 2.05) is 12.3 Å². The van der Waals surface area contributed by atoms with Gasteiger partial charge in [0.2, 0.25) is 0 Å². The van der Waals surface area contributed by atoms with Crippen LogP contribution in [0, 0.1) is 5.92 Å². The van der Waals surface area contributed by atoms with Crippen LogP contribution in [0.3, 0.4) is 0 Å². The van der Waals surface area contributed by atoms with Gasteiger partial charge < -0.3 is 5.73 Å². The van der Waals surface area contributed by atoms with Gasteiger partial charge in [-0.2, -0.15) is 0 Å². The topological polar surface area (TPSA) is 51.3 Å². The summed E-state index contributed by atoms with van der Waals surface area (Å²) in [6.07, 6.45) is 6.72. The van der Waals surface area contributed by atoms with Gasteiger partial charge >= 0.3 is 0 Å². The van der Waals surface area contributed by atoms with E-state index in [4.69, 9.17) is 5.73 Å². The number of nitrogen functional groups attached to an aromatic ring is 1. The Hall–Kier alpha value is -1.64. The molecule has 0 radical (unpaired) electrons. The molecule has 1 aromatic heterocycles. The van der Waals surface area contributed by atoms with E-state index >= 15 is 0 Å². The molecule has 1 aliphatic heterocycles. The molecule has 0 amide bonds. The molecule has 0 saturated heterocycles. The standard InChI is InChI=1S/C11H13N3/c1-8-4-5-13-10(6-8)9-2-3-11(12)14-7-9/h2-5,7-8H,6H2,1H3,(H2,12,14). The minimum absolute atomic E-state index is 0.550. The van der Waals surface area contributed by atoms with E-state index < -0.39 is 0 Å². The third-order valence-electron chi connectivity index (χ3n) is 2.28. The van der Waals surface area contributed by atoms with Crippen LogP contribution in [-0.4, -0.2) is 10.7 Å². The maximum absolute atomic E-state index is 5.52. The normalized spacial score (nSPS) is 20.6. The lowest BCUT2D eigenvalue weighted by molar-refractivity contribution is 0.755. The predicted molar refractivity (Wildman–Crippen MR) is 58.1 cm³/mol. The highest BCUT2D eigenvalue weighted by Gasteiger charge is 2.10. The van der Waals surface area contributed by atoms with Crippen molar-refractivity contribution in [3.8, 4) is 0 Å².